The highest BCUT2D eigenvalue weighted by Gasteiger charge is 2.17. The fourth-order valence-corrected chi connectivity index (χ4v) is 9.89. The van der Waals surface area contributed by atoms with Crippen LogP contribution >= 0.6 is 0 Å². The number of esters is 1. The van der Waals surface area contributed by atoms with Gasteiger partial charge in [-0.1, -0.05) is 219 Å². The summed E-state index contributed by atoms with van der Waals surface area (Å²) in [6, 6.07) is 102. The molecule has 0 bridgehead atoms. The Labute approximate surface area is 453 Å². The highest BCUT2D eigenvalue weighted by molar-refractivity contribution is 5.87. The number of ether oxygens (including phenoxy) is 1. The van der Waals surface area contributed by atoms with Crippen LogP contribution in [0.2, 0.25) is 0 Å². The van der Waals surface area contributed by atoms with Gasteiger partial charge in [-0.3, -0.25) is 0 Å². The van der Waals surface area contributed by atoms with E-state index in [0.29, 0.717) is 12.2 Å². The van der Waals surface area contributed by atoms with Crippen LogP contribution in [0.15, 0.2) is 297 Å². The Hall–Kier alpha value is -9.77. The summed E-state index contributed by atoms with van der Waals surface area (Å²) in [5.74, 6) is -0.338. The van der Waals surface area contributed by atoms with Crippen LogP contribution in [0.1, 0.15) is 18.9 Å². The molecule has 0 saturated heterocycles. The third kappa shape index (κ3) is 11.6. The van der Waals surface area contributed by atoms with Crippen LogP contribution in [0, 0.1) is 0 Å². The normalized spacial score (nSPS) is 10.9. The third-order valence-corrected chi connectivity index (χ3v) is 14.1. The van der Waals surface area contributed by atoms with Crippen molar-refractivity contribution in [3.63, 3.8) is 0 Å². The molecule has 0 atom stereocenters. The molecule has 4 heteroatoms. The molecule has 0 aliphatic carbocycles. The monoisotopic (exact) mass is 994 g/mol. The van der Waals surface area contributed by atoms with E-state index in [0.717, 1.165) is 74.8 Å². The van der Waals surface area contributed by atoms with Crippen molar-refractivity contribution >= 4 is 40.1 Å². The van der Waals surface area contributed by atoms with Crippen molar-refractivity contribution in [3.8, 4) is 66.8 Å². The Morgan fingerprint density at radius 2 is 0.519 bits per heavy atom. The van der Waals surface area contributed by atoms with Gasteiger partial charge in [-0.05, 0) is 165 Å². The first-order valence-corrected chi connectivity index (χ1v) is 26.3. The van der Waals surface area contributed by atoms with Crippen LogP contribution in [0.3, 0.4) is 0 Å². The predicted octanol–water partition coefficient (Wildman–Crippen LogP) is 19.7. The molecule has 0 spiro atoms. The molecule has 0 aliphatic rings. The van der Waals surface area contributed by atoms with E-state index in [9.17, 15) is 4.79 Å². The first-order valence-electron chi connectivity index (χ1n) is 26.3. The van der Waals surface area contributed by atoms with Crippen LogP contribution < -0.4 is 9.80 Å². The molecule has 0 aliphatic heterocycles. The maximum absolute atomic E-state index is 11.8. The van der Waals surface area contributed by atoms with E-state index in [4.69, 9.17) is 4.74 Å². The molecule has 0 saturated carbocycles. The maximum Gasteiger partial charge on any atom is 0.333 e. The van der Waals surface area contributed by atoms with Crippen molar-refractivity contribution in [1.82, 2.24) is 0 Å². The molecule has 4 nitrogen and oxygen atoms in total. The van der Waals surface area contributed by atoms with E-state index >= 15 is 0 Å². The summed E-state index contributed by atoms with van der Waals surface area (Å²) in [7, 11) is 0. The number of carbonyl (C=O) groups excluding carboxylic acids is 1. The second-order valence-electron chi connectivity index (χ2n) is 19.3. The Balaban J connectivity index is 0.866. The molecule has 0 N–H and O–H groups in total. The minimum absolute atomic E-state index is 0.338. The molecule has 0 fully saturated rings. The zero-order chi connectivity index (χ0) is 52.3. The van der Waals surface area contributed by atoms with Gasteiger partial charge in [0.25, 0.3) is 0 Å². The van der Waals surface area contributed by atoms with E-state index in [1.54, 1.807) is 6.92 Å². The molecule has 11 aromatic rings. The van der Waals surface area contributed by atoms with E-state index in [1.165, 1.54) is 44.5 Å². The molecule has 11 aromatic carbocycles. The zero-order valence-electron chi connectivity index (χ0n) is 43.2. The topological polar surface area (TPSA) is 32.8 Å². The molecule has 77 heavy (non-hydrogen) atoms. The number of carbonyl (C=O) groups is 1. The lowest BCUT2D eigenvalue weighted by Crippen LogP contribution is -2.10. The van der Waals surface area contributed by atoms with Gasteiger partial charge in [0.2, 0.25) is 0 Å². The van der Waals surface area contributed by atoms with Crippen LogP contribution in [0.25, 0.3) is 66.8 Å². The first kappa shape index (κ1) is 49.4. The maximum atomic E-state index is 11.8. The fraction of sp³-hybridized carbons (Fsp3) is 0.0548. The molecular weight excluding hydrogens is 937 g/mol. The predicted molar refractivity (Wildman–Crippen MR) is 323 cm³/mol. The second kappa shape index (κ2) is 23.2. The SMILES string of the molecule is C=C(C)C(=O)OCCCc1ccc(-c2ccc(N(c3ccc(-c4ccc(-c5ccccc5)cc4)cc3)c3ccc(-c4ccc(N(c5ccc(-c6ccccc6)cc5)c5ccc(-c6ccccc6)cc5)cc4)cc3)cc2)cc1. The van der Waals surface area contributed by atoms with E-state index in [2.05, 4.69) is 301 Å². The van der Waals surface area contributed by atoms with Crippen molar-refractivity contribution in [3.05, 3.63) is 303 Å². The van der Waals surface area contributed by atoms with Gasteiger partial charge in [-0.2, -0.15) is 0 Å². The van der Waals surface area contributed by atoms with Crippen molar-refractivity contribution in [1.29, 1.82) is 0 Å². The quantitative estimate of drug-likeness (QED) is 0.0517. The summed E-state index contributed by atoms with van der Waals surface area (Å²) < 4.78 is 5.30. The Bertz CT molecular complexity index is 3610. The fourth-order valence-electron chi connectivity index (χ4n) is 9.89. The average Bonchev–Trinajstić information content (AvgIpc) is 3.52. The van der Waals surface area contributed by atoms with Crippen molar-refractivity contribution in [2.45, 2.75) is 19.8 Å². The molecule has 11 rings (SSSR count). The van der Waals surface area contributed by atoms with Crippen LogP contribution in [0.5, 0.6) is 0 Å². The Morgan fingerprint density at radius 3 is 0.753 bits per heavy atom. The highest BCUT2D eigenvalue weighted by Crippen LogP contribution is 2.40. The van der Waals surface area contributed by atoms with Crippen molar-refractivity contribution < 1.29 is 9.53 Å². The lowest BCUT2D eigenvalue weighted by Gasteiger charge is -2.27. The van der Waals surface area contributed by atoms with E-state index in [-0.39, 0.29) is 5.97 Å². The first-order chi connectivity index (χ1) is 37.9. The summed E-state index contributed by atoms with van der Waals surface area (Å²) >= 11 is 0. The third-order valence-electron chi connectivity index (χ3n) is 14.1. The molecule has 0 radical (unpaired) electrons. The van der Waals surface area contributed by atoms with Gasteiger partial charge in [0.15, 0.2) is 0 Å². The minimum Gasteiger partial charge on any atom is -0.462 e. The summed E-state index contributed by atoms with van der Waals surface area (Å²) in [6.45, 7) is 5.72. The molecule has 0 aromatic heterocycles. The number of anilines is 6. The highest BCUT2D eigenvalue weighted by atomic mass is 16.5. The standard InChI is InChI=1S/C73H58N2O2/c1-53(2)73(76)77-52-12-13-54-20-22-58(23-21-54)63-32-44-69(45-33-63)75(70-46-34-64(35-47-70)60-26-24-59(25-27-60)55-14-6-3-7-15-55)72-50-38-66(39-51-72)65-36-48-71(49-37-65)74(67-40-28-61(29-41-67)56-16-8-4-9-17-56)68-42-30-62(31-43-68)57-18-10-5-11-19-57/h3-11,14-51H,1,12-13,52H2,2H3. The van der Waals surface area contributed by atoms with Crippen LogP contribution in [0.4, 0.5) is 34.1 Å². The van der Waals surface area contributed by atoms with Crippen LogP contribution in [-0.4, -0.2) is 12.6 Å². The number of hydrogen-bond acceptors (Lipinski definition) is 4. The molecule has 0 unspecified atom stereocenters. The molecular formula is C73H58N2O2. The van der Waals surface area contributed by atoms with Gasteiger partial charge in [0.1, 0.15) is 0 Å². The van der Waals surface area contributed by atoms with Crippen molar-refractivity contribution in [2.24, 2.45) is 0 Å². The minimum atomic E-state index is -0.338. The second-order valence-corrected chi connectivity index (χ2v) is 19.3. The van der Waals surface area contributed by atoms with E-state index in [1.807, 2.05) is 0 Å². The largest absolute Gasteiger partial charge is 0.462 e. The summed E-state index contributed by atoms with van der Waals surface area (Å²) in [5.41, 5.74) is 22.1. The smallest absolute Gasteiger partial charge is 0.333 e. The van der Waals surface area contributed by atoms with Gasteiger partial charge >= 0.3 is 5.97 Å². The molecule has 0 heterocycles. The number of nitrogens with zero attached hydrogens (tertiary/aromatic N) is 2. The summed E-state index contributed by atoms with van der Waals surface area (Å²) in [4.78, 5) is 16.5. The zero-order valence-corrected chi connectivity index (χ0v) is 43.2. The number of hydrogen-bond donors (Lipinski definition) is 0. The molecule has 372 valence electrons. The van der Waals surface area contributed by atoms with Crippen LogP contribution in [-0.2, 0) is 16.0 Å². The summed E-state index contributed by atoms with van der Waals surface area (Å²) in [5, 5.41) is 0. The van der Waals surface area contributed by atoms with Gasteiger partial charge in [0, 0.05) is 39.7 Å². The lowest BCUT2D eigenvalue weighted by molar-refractivity contribution is -0.139. The van der Waals surface area contributed by atoms with Gasteiger partial charge in [-0.25, -0.2) is 4.79 Å². The lowest BCUT2D eigenvalue weighted by atomic mass is 9.99. The van der Waals surface area contributed by atoms with Gasteiger partial charge < -0.3 is 14.5 Å². The summed E-state index contributed by atoms with van der Waals surface area (Å²) in [6.07, 6.45) is 1.58. The Kier molecular flexibility index (Phi) is 14.9. The number of aryl methyl sites for hydroxylation is 1. The van der Waals surface area contributed by atoms with Gasteiger partial charge in [0.05, 0.1) is 6.61 Å². The van der Waals surface area contributed by atoms with Crippen molar-refractivity contribution in [2.75, 3.05) is 16.4 Å². The average molecular weight is 995 g/mol. The van der Waals surface area contributed by atoms with E-state index < -0.39 is 0 Å². The van der Waals surface area contributed by atoms with Gasteiger partial charge in [-0.15, -0.1) is 0 Å². The number of rotatable bonds is 17. The number of benzene rings is 11. The Morgan fingerprint density at radius 1 is 0.312 bits per heavy atom. The molecule has 0 amide bonds.